The third-order valence-electron chi connectivity index (χ3n) is 8.11. The zero-order chi connectivity index (χ0) is 30.8. The maximum Gasteiger partial charge on any atom is 0.269 e. The summed E-state index contributed by atoms with van der Waals surface area (Å²) in [5.74, 6) is 0. The molecule has 6 aromatic rings. The van der Waals surface area contributed by atoms with E-state index in [-0.39, 0.29) is 21.2 Å². The number of nitro groups is 2. The number of hydrogen-bond acceptors (Lipinski definition) is 4. The molecule has 0 fully saturated rings. The summed E-state index contributed by atoms with van der Waals surface area (Å²) < 4.78 is 9.02. The molecule has 0 bridgehead atoms. The molecule has 10 nitrogen and oxygen atoms in total. The highest BCUT2D eigenvalue weighted by atomic mass is 16.6. The van der Waals surface area contributed by atoms with Crippen LogP contribution in [0.1, 0.15) is 35.1 Å². The van der Waals surface area contributed by atoms with E-state index in [0.717, 1.165) is 48.1 Å². The van der Waals surface area contributed by atoms with Crippen LogP contribution in [0.15, 0.2) is 97.6 Å². The number of aryl methyl sites for hydroxylation is 4. The predicted molar refractivity (Wildman–Crippen MR) is 167 cm³/mol. The first kappa shape index (κ1) is 28.7. The molecule has 222 valence electrons. The van der Waals surface area contributed by atoms with E-state index in [1.165, 1.54) is 22.2 Å². The lowest BCUT2D eigenvalue weighted by molar-refractivity contribution is -0.683. The maximum atomic E-state index is 11.1. The lowest BCUT2D eigenvalue weighted by Crippen LogP contribution is -2.35. The molecule has 0 spiro atoms. The van der Waals surface area contributed by atoms with Crippen LogP contribution in [0.3, 0.4) is 0 Å². The second-order valence-electron chi connectivity index (χ2n) is 11.4. The molecule has 0 atom stereocenters. The van der Waals surface area contributed by atoms with Crippen molar-refractivity contribution in [1.82, 2.24) is 9.13 Å². The molecule has 0 N–H and O–H groups in total. The van der Waals surface area contributed by atoms with Crippen LogP contribution < -0.4 is 9.13 Å². The van der Waals surface area contributed by atoms with Gasteiger partial charge in [-0.1, -0.05) is 12.1 Å². The number of non-ortho nitro benzene ring substituents is 2. The summed E-state index contributed by atoms with van der Waals surface area (Å²) in [6.45, 7) is 7.18. The van der Waals surface area contributed by atoms with Gasteiger partial charge in [-0.25, -0.2) is 18.3 Å². The van der Waals surface area contributed by atoms with Gasteiger partial charge in [0.2, 0.25) is 12.7 Å². The molecule has 0 saturated heterocycles. The highest BCUT2D eigenvalue weighted by molar-refractivity contribution is 5.73. The monoisotopic (exact) mass is 590 g/mol. The third kappa shape index (κ3) is 6.05. The van der Waals surface area contributed by atoms with Gasteiger partial charge in [0.25, 0.3) is 11.4 Å². The van der Waals surface area contributed by atoms with Crippen molar-refractivity contribution in [2.75, 3.05) is 0 Å². The zero-order valence-corrected chi connectivity index (χ0v) is 24.8. The number of fused-ring (bicyclic) bond motifs is 2. The average Bonchev–Trinajstić information content (AvgIpc) is 3.52. The molecule has 4 aromatic carbocycles. The molecule has 6 rings (SSSR count). The number of hydrogen-bond donors (Lipinski definition) is 0. The van der Waals surface area contributed by atoms with Gasteiger partial charge in [0, 0.05) is 24.3 Å². The van der Waals surface area contributed by atoms with Gasteiger partial charge in [0.15, 0.2) is 22.1 Å². The van der Waals surface area contributed by atoms with Crippen LogP contribution in [-0.2, 0) is 26.2 Å². The Labute approximate surface area is 254 Å². The second-order valence-corrected chi connectivity index (χ2v) is 11.4. The Hall–Kier alpha value is -5.38. The summed E-state index contributed by atoms with van der Waals surface area (Å²) in [5.41, 5.74) is 9.20. The van der Waals surface area contributed by atoms with E-state index in [4.69, 9.17) is 0 Å². The second kappa shape index (κ2) is 12.1. The van der Waals surface area contributed by atoms with Crippen LogP contribution >= 0.6 is 0 Å². The van der Waals surface area contributed by atoms with Gasteiger partial charge < -0.3 is 0 Å². The van der Waals surface area contributed by atoms with E-state index in [9.17, 15) is 20.2 Å². The molecule has 10 heteroatoms. The Kier molecular flexibility index (Phi) is 7.89. The Bertz CT molecular complexity index is 1850. The van der Waals surface area contributed by atoms with Crippen molar-refractivity contribution in [3.63, 3.8) is 0 Å². The number of nitrogens with zero attached hydrogens (tertiary/aromatic N) is 6. The van der Waals surface area contributed by atoms with E-state index < -0.39 is 0 Å². The lowest BCUT2D eigenvalue weighted by atomic mass is 10.2. The van der Waals surface area contributed by atoms with E-state index in [2.05, 4.69) is 81.2 Å². The Balaban J connectivity index is 1.17. The first-order chi connectivity index (χ1) is 21.2. The van der Waals surface area contributed by atoms with Crippen LogP contribution in [0, 0.1) is 34.1 Å². The normalized spacial score (nSPS) is 11.4. The number of nitro benzene ring substituents is 2. The number of imidazole rings is 2. The van der Waals surface area contributed by atoms with Crippen LogP contribution in [0.25, 0.3) is 22.1 Å². The fourth-order valence-electron chi connectivity index (χ4n) is 5.81. The van der Waals surface area contributed by atoms with Crippen LogP contribution in [0.2, 0.25) is 0 Å². The fraction of sp³-hybridized carbons (Fsp3) is 0.235. The summed E-state index contributed by atoms with van der Waals surface area (Å²) >= 11 is 0. The van der Waals surface area contributed by atoms with Crippen LogP contribution in [-0.4, -0.2) is 19.0 Å². The van der Waals surface area contributed by atoms with Gasteiger partial charge >= 0.3 is 0 Å². The molecular formula is C34H34N6O4+2. The first-order valence-electron chi connectivity index (χ1n) is 14.7. The van der Waals surface area contributed by atoms with Crippen molar-refractivity contribution in [2.24, 2.45) is 0 Å². The van der Waals surface area contributed by atoms with Gasteiger partial charge in [-0.3, -0.25) is 20.2 Å². The average molecular weight is 591 g/mol. The van der Waals surface area contributed by atoms with E-state index in [1.807, 2.05) is 24.3 Å². The minimum atomic E-state index is -0.373. The van der Waals surface area contributed by atoms with Crippen LogP contribution in [0.5, 0.6) is 0 Å². The smallest absolute Gasteiger partial charge is 0.258 e. The first-order valence-corrected chi connectivity index (χ1v) is 14.7. The minimum absolute atomic E-state index is 0.0968. The SMILES string of the molecule is Cc1ccc2c(c1)n(Cc1ccc([N+](=O)[O-])cc1)c[n+]2CCCC[n+]1cn(Cc2ccc([N+](=O)[O-])cc2)c2cc(C)ccc21. The molecule has 0 aliphatic rings. The van der Waals surface area contributed by atoms with Crippen molar-refractivity contribution >= 4 is 33.4 Å². The Morgan fingerprint density at radius 3 is 1.34 bits per heavy atom. The van der Waals surface area contributed by atoms with Crippen LogP contribution in [0.4, 0.5) is 11.4 Å². The molecule has 2 heterocycles. The van der Waals surface area contributed by atoms with Crippen molar-refractivity contribution in [2.45, 2.75) is 52.9 Å². The minimum Gasteiger partial charge on any atom is -0.258 e. The number of aromatic nitrogens is 4. The van der Waals surface area contributed by atoms with Crippen molar-refractivity contribution in [3.05, 3.63) is 140 Å². The topological polar surface area (TPSA) is 104 Å². The van der Waals surface area contributed by atoms with Gasteiger partial charge in [0.05, 0.1) is 22.9 Å². The Morgan fingerprint density at radius 2 is 0.977 bits per heavy atom. The maximum absolute atomic E-state index is 11.1. The van der Waals surface area contributed by atoms with E-state index in [0.29, 0.717) is 13.1 Å². The molecule has 0 saturated carbocycles. The summed E-state index contributed by atoms with van der Waals surface area (Å²) in [7, 11) is 0. The van der Waals surface area contributed by atoms with Gasteiger partial charge in [-0.15, -0.1) is 0 Å². The molecule has 0 amide bonds. The zero-order valence-electron chi connectivity index (χ0n) is 24.8. The van der Waals surface area contributed by atoms with Crippen molar-refractivity contribution in [1.29, 1.82) is 0 Å². The summed E-state index contributed by atoms with van der Waals surface area (Å²) in [6.07, 6.45) is 6.28. The van der Waals surface area contributed by atoms with Gasteiger partial charge in [-0.05, 0) is 97.5 Å². The fourth-order valence-corrected chi connectivity index (χ4v) is 5.81. The third-order valence-corrected chi connectivity index (χ3v) is 8.11. The molecule has 0 aliphatic heterocycles. The van der Waals surface area contributed by atoms with Crippen molar-refractivity contribution < 1.29 is 19.0 Å². The largest absolute Gasteiger partial charge is 0.269 e. The highest BCUT2D eigenvalue weighted by Crippen LogP contribution is 2.20. The molecule has 0 aliphatic carbocycles. The van der Waals surface area contributed by atoms with E-state index in [1.54, 1.807) is 24.3 Å². The quantitative estimate of drug-likeness (QED) is 0.0778. The number of unbranched alkanes of at least 4 members (excludes halogenated alkanes) is 1. The molecule has 2 aromatic heterocycles. The predicted octanol–water partition coefficient (Wildman–Crippen LogP) is 6.18. The van der Waals surface area contributed by atoms with Gasteiger partial charge in [-0.2, -0.15) is 0 Å². The van der Waals surface area contributed by atoms with Gasteiger partial charge in [0.1, 0.15) is 13.1 Å². The van der Waals surface area contributed by atoms with E-state index >= 15 is 0 Å². The standard InChI is InChI=1S/C34H34N6O4/c1-25-5-15-31-33(19-25)37(21-27-7-11-29(12-8-27)39(41)42)23-35(31)17-3-4-18-36-24-38(34-20-26(2)6-16-32(34)36)22-28-9-13-30(14-10-28)40(43)44/h5-16,19-20,23-24H,3-4,17-18,21-22H2,1-2H3/q+2. The molecular weight excluding hydrogens is 556 g/mol. The molecule has 44 heavy (non-hydrogen) atoms. The summed E-state index contributed by atoms with van der Waals surface area (Å²) in [6, 6.07) is 26.5. The number of rotatable bonds is 11. The lowest BCUT2D eigenvalue weighted by Gasteiger charge is -2.00. The Morgan fingerprint density at radius 1 is 0.591 bits per heavy atom. The molecule has 0 unspecified atom stereocenters. The highest BCUT2D eigenvalue weighted by Gasteiger charge is 2.19. The van der Waals surface area contributed by atoms with Crippen molar-refractivity contribution in [3.8, 4) is 0 Å². The summed E-state index contributed by atoms with van der Waals surface area (Å²) in [4.78, 5) is 21.4. The molecule has 0 radical (unpaired) electrons. The number of benzene rings is 4. The summed E-state index contributed by atoms with van der Waals surface area (Å²) in [5, 5.41) is 22.1.